The molecular formula is C47H41NS. The van der Waals surface area contributed by atoms with Gasteiger partial charge in [-0.1, -0.05) is 139 Å². The maximum absolute atomic E-state index is 3.97. The Labute approximate surface area is 294 Å². The Balaban J connectivity index is 0.916. The Morgan fingerprint density at radius 2 is 1.53 bits per heavy atom. The molecular weight excluding hydrogens is 611 g/mol. The summed E-state index contributed by atoms with van der Waals surface area (Å²) in [4.78, 5) is 2.70. The Kier molecular flexibility index (Phi) is 7.98. The minimum atomic E-state index is 0.304. The van der Waals surface area contributed by atoms with E-state index in [-0.39, 0.29) is 0 Å². The van der Waals surface area contributed by atoms with Gasteiger partial charge in [-0.2, -0.15) is 0 Å². The van der Waals surface area contributed by atoms with E-state index in [1.807, 2.05) is 11.8 Å². The summed E-state index contributed by atoms with van der Waals surface area (Å²) >= 11 is 1.89. The smallest absolute Gasteiger partial charge is 0.0450 e. The van der Waals surface area contributed by atoms with Gasteiger partial charge in [0, 0.05) is 21.5 Å². The highest BCUT2D eigenvalue weighted by Crippen LogP contribution is 2.50. The third-order valence-electron chi connectivity index (χ3n) is 10.7. The largest absolute Gasteiger partial charge is 0.379 e. The molecule has 1 fully saturated rings. The van der Waals surface area contributed by atoms with E-state index in [0.717, 1.165) is 25.7 Å². The minimum absolute atomic E-state index is 0.304. The number of aryl methyl sites for hydroxylation is 2. The van der Waals surface area contributed by atoms with Crippen molar-refractivity contribution in [3.63, 3.8) is 0 Å². The molecule has 1 N–H and O–H groups in total. The van der Waals surface area contributed by atoms with Crippen LogP contribution in [0, 0.1) is 18.8 Å². The average Bonchev–Trinajstić information content (AvgIpc) is 3.91. The van der Waals surface area contributed by atoms with Crippen LogP contribution < -0.4 is 5.32 Å². The fourth-order valence-corrected chi connectivity index (χ4v) is 9.20. The van der Waals surface area contributed by atoms with Crippen molar-refractivity contribution in [1.82, 2.24) is 5.32 Å². The van der Waals surface area contributed by atoms with Crippen molar-refractivity contribution in [1.29, 1.82) is 0 Å². The number of hydrogen-bond donors (Lipinski definition) is 1. The van der Waals surface area contributed by atoms with Crippen molar-refractivity contribution in [3.05, 3.63) is 174 Å². The van der Waals surface area contributed by atoms with E-state index in [4.69, 9.17) is 0 Å². The van der Waals surface area contributed by atoms with Crippen LogP contribution in [-0.4, -0.2) is 6.04 Å². The SMILES string of the molecule is Cc1cccc(CC/C=C/C2=C(NC3C=CC(c4ccc5c6c(cccc46)-c4ccccc4-5)=CCC3)C=CC3CC23)c1Sc1ccccc1. The van der Waals surface area contributed by atoms with Crippen molar-refractivity contribution in [2.45, 2.75) is 54.9 Å². The Morgan fingerprint density at radius 3 is 2.41 bits per heavy atom. The van der Waals surface area contributed by atoms with Gasteiger partial charge in [0.15, 0.2) is 0 Å². The molecule has 0 aromatic heterocycles. The molecule has 0 radical (unpaired) electrons. The van der Waals surface area contributed by atoms with Crippen LogP contribution in [0.2, 0.25) is 0 Å². The van der Waals surface area contributed by atoms with Crippen molar-refractivity contribution < 1.29 is 0 Å². The van der Waals surface area contributed by atoms with Gasteiger partial charge in [-0.3, -0.25) is 0 Å². The van der Waals surface area contributed by atoms with Gasteiger partial charge in [-0.15, -0.1) is 0 Å². The molecule has 9 rings (SSSR count). The van der Waals surface area contributed by atoms with Crippen LogP contribution >= 0.6 is 11.8 Å². The van der Waals surface area contributed by atoms with Crippen LogP contribution in [0.15, 0.2) is 167 Å². The predicted molar refractivity (Wildman–Crippen MR) is 209 cm³/mol. The summed E-state index contributed by atoms with van der Waals surface area (Å²) in [5, 5.41) is 6.73. The summed E-state index contributed by atoms with van der Waals surface area (Å²) in [6.07, 6.45) is 22.4. The average molecular weight is 652 g/mol. The predicted octanol–water partition coefficient (Wildman–Crippen LogP) is 12.3. The monoisotopic (exact) mass is 651 g/mol. The number of rotatable bonds is 9. The Bertz CT molecular complexity index is 2200. The molecule has 0 saturated heterocycles. The molecule has 3 unspecified atom stereocenters. The zero-order valence-electron chi connectivity index (χ0n) is 28.0. The topological polar surface area (TPSA) is 12.0 Å². The van der Waals surface area contributed by atoms with Gasteiger partial charge in [-0.05, 0) is 130 Å². The van der Waals surface area contributed by atoms with Crippen LogP contribution in [0.1, 0.15) is 42.4 Å². The molecule has 5 aromatic carbocycles. The van der Waals surface area contributed by atoms with Crippen LogP contribution in [0.5, 0.6) is 0 Å². The second-order valence-electron chi connectivity index (χ2n) is 13.9. The van der Waals surface area contributed by atoms with E-state index in [1.165, 1.54) is 82.8 Å². The van der Waals surface area contributed by atoms with E-state index >= 15 is 0 Å². The highest BCUT2D eigenvalue weighted by Gasteiger charge is 2.40. The Hall–Kier alpha value is -4.79. The van der Waals surface area contributed by atoms with Gasteiger partial charge >= 0.3 is 0 Å². The molecule has 3 atom stereocenters. The van der Waals surface area contributed by atoms with Crippen LogP contribution in [0.4, 0.5) is 0 Å². The number of hydrogen-bond acceptors (Lipinski definition) is 2. The van der Waals surface area contributed by atoms with Gasteiger partial charge in [0.2, 0.25) is 0 Å². The lowest BCUT2D eigenvalue weighted by molar-refractivity contribution is 0.625. The second-order valence-corrected chi connectivity index (χ2v) is 15.0. The first kappa shape index (κ1) is 30.3. The summed E-state index contributed by atoms with van der Waals surface area (Å²) in [7, 11) is 0. The molecule has 0 spiro atoms. The standard InChI is InChI=1S/C47H41NS/c1-31-12-9-15-33(47(31)49-36-17-3-2-4-18-36)13-5-6-21-40-44-30-34(44)25-29-45(40)48-35-16-10-14-32(24-26-35)37-27-28-43-39-20-8-7-19-38(39)42-23-11-22-41(37)46(42)43/h2-4,6-9,11-12,14-15,17-29,34-35,44,48H,5,10,13,16,30H2,1H3/b21-6+. The van der Waals surface area contributed by atoms with E-state index < -0.39 is 0 Å². The first-order valence-corrected chi connectivity index (χ1v) is 18.7. The van der Waals surface area contributed by atoms with Gasteiger partial charge in [-0.25, -0.2) is 0 Å². The number of allylic oxidation sites excluding steroid dienone is 8. The highest BCUT2D eigenvalue weighted by molar-refractivity contribution is 7.99. The molecule has 1 saturated carbocycles. The van der Waals surface area contributed by atoms with Gasteiger partial charge < -0.3 is 5.32 Å². The Morgan fingerprint density at radius 1 is 0.755 bits per heavy atom. The summed E-state index contributed by atoms with van der Waals surface area (Å²) in [5.74, 6) is 1.37. The summed E-state index contributed by atoms with van der Waals surface area (Å²) in [6.45, 7) is 2.24. The third-order valence-corrected chi connectivity index (χ3v) is 12.0. The summed E-state index contributed by atoms with van der Waals surface area (Å²) in [6, 6.07) is 38.1. The summed E-state index contributed by atoms with van der Waals surface area (Å²) in [5.41, 5.74) is 13.7. The van der Waals surface area contributed by atoms with Crippen molar-refractivity contribution in [2.75, 3.05) is 0 Å². The number of benzene rings is 5. The highest BCUT2D eigenvalue weighted by atomic mass is 32.2. The quantitative estimate of drug-likeness (QED) is 0.167. The fourth-order valence-electron chi connectivity index (χ4n) is 8.14. The zero-order chi connectivity index (χ0) is 32.7. The minimum Gasteiger partial charge on any atom is -0.379 e. The lowest BCUT2D eigenvalue weighted by atomic mass is 9.94. The van der Waals surface area contributed by atoms with Crippen molar-refractivity contribution >= 4 is 28.1 Å². The maximum atomic E-state index is 3.97. The van der Waals surface area contributed by atoms with E-state index in [2.05, 4.69) is 158 Å². The maximum Gasteiger partial charge on any atom is 0.0450 e. The van der Waals surface area contributed by atoms with E-state index in [0.29, 0.717) is 17.9 Å². The lowest BCUT2D eigenvalue weighted by Crippen LogP contribution is -2.27. The van der Waals surface area contributed by atoms with Crippen LogP contribution in [-0.2, 0) is 6.42 Å². The fraction of sp³-hybridized carbons (Fsp3) is 0.191. The molecule has 5 aromatic rings. The van der Waals surface area contributed by atoms with E-state index in [9.17, 15) is 0 Å². The molecule has 0 bridgehead atoms. The van der Waals surface area contributed by atoms with Crippen molar-refractivity contribution in [3.8, 4) is 22.3 Å². The first-order chi connectivity index (χ1) is 24.2. The van der Waals surface area contributed by atoms with Gasteiger partial charge in [0.05, 0.1) is 0 Å². The molecule has 2 heteroatoms. The second kappa shape index (κ2) is 12.9. The van der Waals surface area contributed by atoms with Gasteiger partial charge in [0.25, 0.3) is 0 Å². The summed E-state index contributed by atoms with van der Waals surface area (Å²) < 4.78 is 0. The lowest BCUT2D eigenvalue weighted by Gasteiger charge is -2.20. The molecule has 4 aliphatic rings. The molecule has 1 nitrogen and oxygen atoms in total. The molecule has 0 heterocycles. The molecule has 4 aliphatic carbocycles. The number of nitrogens with one attached hydrogen (secondary N) is 1. The van der Waals surface area contributed by atoms with Gasteiger partial charge in [0.1, 0.15) is 0 Å². The first-order valence-electron chi connectivity index (χ1n) is 17.9. The van der Waals surface area contributed by atoms with Crippen molar-refractivity contribution in [2.24, 2.45) is 11.8 Å². The molecule has 49 heavy (non-hydrogen) atoms. The van der Waals surface area contributed by atoms with E-state index in [1.54, 1.807) is 0 Å². The third kappa shape index (κ3) is 5.83. The molecule has 0 aliphatic heterocycles. The molecule has 0 amide bonds. The molecule has 240 valence electrons. The normalized spacial score (nSPS) is 20.3. The number of fused-ring (bicyclic) bond motifs is 4. The van der Waals surface area contributed by atoms with Crippen LogP contribution in [0.3, 0.4) is 0 Å². The zero-order valence-corrected chi connectivity index (χ0v) is 28.8. The van der Waals surface area contributed by atoms with Crippen LogP contribution in [0.25, 0.3) is 38.6 Å².